The predicted molar refractivity (Wildman–Crippen MR) is 115 cm³/mol. The molecular formula is C22H25ClN2O8. The van der Waals surface area contributed by atoms with Crippen molar-refractivity contribution in [2.75, 3.05) is 14.1 Å². The Morgan fingerprint density at radius 3 is 2.36 bits per heavy atom. The second kappa shape index (κ2) is 7.25. The maximum Gasteiger partial charge on any atom is 0.230 e. The van der Waals surface area contributed by atoms with Crippen molar-refractivity contribution in [3.8, 4) is 5.75 Å². The van der Waals surface area contributed by atoms with Crippen LogP contribution in [0.4, 0.5) is 0 Å². The van der Waals surface area contributed by atoms with Crippen LogP contribution in [-0.4, -0.2) is 79.7 Å². The van der Waals surface area contributed by atoms with Gasteiger partial charge in [0.05, 0.1) is 17.3 Å². The first-order valence-corrected chi connectivity index (χ1v) is 10.7. The van der Waals surface area contributed by atoms with Crippen LogP contribution in [0.3, 0.4) is 0 Å². The number of fused-ring (bicyclic) bond motifs is 3. The Bertz CT molecular complexity index is 1130. The highest BCUT2D eigenvalue weighted by Gasteiger charge is 2.69. The van der Waals surface area contributed by atoms with E-state index in [4.69, 9.17) is 17.3 Å². The molecule has 0 aliphatic heterocycles. The van der Waals surface area contributed by atoms with E-state index in [2.05, 4.69) is 0 Å². The van der Waals surface area contributed by atoms with Gasteiger partial charge < -0.3 is 36.2 Å². The summed E-state index contributed by atoms with van der Waals surface area (Å²) in [7, 11) is 3.08. The number of likely N-dealkylation sites (N-methyl/N-ethyl adjacent to an activating group) is 1. The minimum absolute atomic E-state index is 0.00671. The molecule has 4 rings (SSSR count). The van der Waals surface area contributed by atoms with Crippen LogP contribution in [0.2, 0.25) is 5.02 Å². The number of halogens is 1. The summed E-state index contributed by atoms with van der Waals surface area (Å²) in [6.45, 7) is 1.35. The molecule has 0 aromatic heterocycles. The Morgan fingerprint density at radius 1 is 1.21 bits per heavy atom. The lowest BCUT2D eigenvalue weighted by Crippen LogP contribution is -2.74. The number of phenols is 1. The van der Waals surface area contributed by atoms with Crippen LogP contribution in [0.15, 0.2) is 17.7 Å². The molecule has 178 valence electrons. The number of carbonyl (C=O) groups is 3. The van der Waals surface area contributed by atoms with Crippen LogP contribution in [0.5, 0.6) is 5.75 Å². The van der Waals surface area contributed by atoms with Crippen LogP contribution in [0.25, 0.3) is 5.76 Å². The summed E-state index contributed by atoms with van der Waals surface area (Å²) < 4.78 is 0. The van der Waals surface area contributed by atoms with E-state index in [1.165, 1.54) is 24.0 Å². The molecule has 0 bridgehead atoms. The molecule has 1 aromatic rings. The van der Waals surface area contributed by atoms with Crippen LogP contribution >= 0.6 is 11.6 Å². The third-order valence-electron chi connectivity index (χ3n) is 7.44. The number of Topliss-reactive ketones (excluding diaryl/α,β-unsaturated/α-hetero) is 2. The lowest BCUT2D eigenvalue weighted by atomic mass is 9.52. The summed E-state index contributed by atoms with van der Waals surface area (Å²) in [5.41, 5.74) is -0.116. The molecule has 10 nitrogen and oxygen atoms in total. The maximum absolute atomic E-state index is 13.7. The predicted octanol–water partition coefficient (Wildman–Crippen LogP) is -0.553. The fourth-order valence-corrected chi connectivity index (χ4v) is 6.29. The van der Waals surface area contributed by atoms with Crippen molar-refractivity contribution < 1.29 is 39.9 Å². The number of carbonyl (C=O) groups excluding carboxylic acids is 3. The molecule has 0 spiro atoms. The number of aromatic hydroxyl groups is 1. The summed E-state index contributed by atoms with van der Waals surface area (Å²) >= 11 is 6.28. The van der Waals surface area contributed by atoms with Crippen LogP contribution in [0.1, 0.15) is 24.5 Å². The number of hydrogen-bond donors (Lipinski definition) is 6. The van der Waals surface area contributed by atoms with Gasteiger partial charge in [-0.1, -0.05) is 11.6 Å². The lowest BCUT2D eigenvalue weighted by molar-refractivity contribution is -0.188. The Kier molecular flexibility index (Phi) is 5.19. The molecule has 0 saturated heterocycles. The topological polar surface area (TPSA) is 182 Å². The van der Waals surface area contributed by atoms with Crippen molar-refractivity contribution in [1.29, 1.82) is 0 Å². The Hall–Kier alpha value is -2.50. The summed E-state index contributed by atoms with van der Waals surface area (Å²) in [6, 6.07) is 1.44. The largest absolute Gasteiger partial charge is 0.507 e. The first-order valence-electron chi connectivity index (χ1n) is 10.3. The van der Waals surface area contributed by atoms with Gasteiger partial charge in [-0.25, -0.2) is 0 Å². The number of aliphatic hydroxyl groups is 4. The van der Waals surface area contributed by atoms with Gasteiger partial charge in [-0.05, 0) is 39.6 Å². The average Bonchev–Trinajstić information content (AvgIpc) is 2.69. The molecular weight excluding hydrogens is 456 g/mol. The molecule has 1 amide bonds. The van der Waals surface area contributed by atoms with Crippen molar-refractivity contribution in [2.24, 2.45) is 23.5 Å². The van der Waals surface area contributed by atoms with Crippen molar-refractivity contribution in [3.05, 3.63) is 33.9 Å². The number of nitrogens with zero attached hydrogens (tertiary/aromatic N) is 1. The van der Waals surface area contributed by atoms with Gasteiger partial charge in [0.1, 0.15) is 17.4 Å². The minimum atomic E-state index is -2.80. The van der Waals surface area contributed by atoms with Gasteiger partial charge >= 0.3 is 0 Å². The zero-order chi connectivity index (χ0) is 24.8. The zero-order valence-electron chi connectivity index (χ0n) is 18.1. The zero-order valence-corrected chi connectivity index (χ0v) is 18.9. The van der Waals surface area contributed by atoms with Gasteiger partial charge in [0.2, 0.25) is 11.7 Å². The lowest BCUT2D eigenvalue weighted by Gasteiger charge is -2.55. The van der Waals surface area contributed by atoms with Crippen molar-refractivity contribution >= 4 is 34.8 Å². The van der Waals surface area contributed by atoms with Crippen LogP contribution in [-0.2, 0) is 20.0 Å². The number of ketones is 2. The number of benzene rings is 1. The molecule has 3 aliphatic rings. The number of rotatable bonds is 2. The summed E-state index contributed by atoms with van der Waals surface area (Å²) in [5, 5.41) is 55.3. The van der Waals surface area contributed by atoms with E-state index in [9.17, 15) is 39.9 Å². The van der Waals surface area contributed by atoms with Crippen molar-refractivity contribution in [3.63, 3.8) is 0 Å². The molecule has 11 heteroatoms. The van der Waals surface area contributed by atoms with Crippen molar-refractivity contribution in [1.82, 2.24) is 4.90 Å². The van der Waals surface area contributed by atoms with Gasteiger partial charge in [-0.15, -0.1) is 0 Å². The molecule has 7 N–H and O–H groups in total. The van der Waals surface area contributed by atoms with Crippen LogP contribution in [0, 0.1) is 17.8 Å². The molecule has 7 unspecified atom stereocenters. The number of amides is 1. The summed E-state index contributed by atoms with van der Waals surface area (Å²) in [4.78, 5) is 40.4. The second-order valence-electron chi connectivity index (χ2n) is 9.41. The van der Waals surface area contributed by atoms with E-state index in [0.717, 1.165) is 0 Å². The first-order chi connectivity index (χ1) is 15.2. The summed E-state index contributed by atoms with van der Waals surface area (Å²) in [5.74, 6) is -9.14. The normalized spacial score (nSPS) is 38.1. The molecule has 1 aromatic carbocycles. The van der Waals surface area contributed by atoms with E-state index in [-0.39, 0.29) is 22.6 Å². The number of nitrogens with two attached hydrogens (primary N) is 1. The van der Waals surface area contributed by atoms with Gasteiger partial charge in [-0.2, -0.15) is 0 Å². The molecule has 2 fully saturated rings. The highest BCUT2D eigenvalue weighted by Crippen LogP contribution is 2.58. The fraction of sp³-hybridized carbons (Fsp3) is 0.500. The highest BCUT2D eigenvalue weighted by atomic mass is 35.5. The molecule has 7 atom stereocenters. The van der Waals surface area contributed by atoms with Crippen molar-refractivity contribution in [2.45, 2.75) is 36.7 Å². The number of primary amides is 1. The molecule has 33 heavy (non-hydrogen) atoms. The maximum atomic E-state index is 13.7. The molecule has 0 radical (unpaired) electrons. The van der Waals surface area contributed by atoms with E-state index < -0.39 is 75.7 Å². The van der Waals surface area contributed by atoms with E-state index >= 15 is 0 Å². The standard InChI is InChI=1S/C22H25ClN2O8/c1-21(32)7-6-8-15(25(2)3)17(28)13(20(24)31)19(30)22(8,33)18(29)11(7)16(27)12-10(26)5-4-9(23)14(12)21/h4-5,7-8,13,15,17,26-28,32-33H,6H2,1-3H3,(H2,24,31). The quantitative estimate of drug-likeness (QED) is 0.302. The van der Waals surface area contributed by atoms with Gasteiger partial charge in [0.15, 0.2) is 11.4 Å². The number of aliphatic hydroxyl groups excluding tert-OH is 2. The fourth-order valence-electron chi connectivity index (χ4n) is 5.94. The SMILES string of the molecule is CN(C)C1C(O)C(C(N)=O)C(=O)C2(O)C(=O)C3=C(O)c4c(O)ccc(Cl)c4C(C)(O)C3CC12. The smallest absolute Gasteiger partial charge is 0.230 e. The van der Waals surface area contributed by atoms with E-state index in [0.29, 0.717) is 0 Å². The highest BCUT2D eigenvalue weighted by molar-refractivity contribution is 6.32. The van der Waals surface area contributed by atoms with Crippen LogP contribution < -0.4 is 5.73 Å². The molecule has 3 aliphatic carbocycles. The van der Waals surface area contributed by atoms with Gasteiger partial charge in [-0.3, -0.25) is 14.4 Å². The molecule has 2 saturated carbocycles. The van der Waals surface area contributed by atoms with Gasteiger partial charge in [0.25, 0.3) is 0 Å². The average molecular weight is 481 g/mol. The van der Waals surface area contributed by atoms with E-state index in [1.54, 1.807) is 14.1 Å². The second-order valence-corrected chi connectivity index (χ2v) is 9.81. The first kappa shape index (κ1) is 23.7. The number of phenolic OH excluding ortho intramolecular Hbond substituents is 1. The third kappa shape index (κ3) is 2.85. The Morgan fingerprint density at radius 2 is 1.82 bits per heavy atom. The van der Waals surface area contributed by atoms with E-state index in [1.807, 2.05) is 0 Å². The third-order valence-corrected chi connectivity index (χ3v) is 7.75. The minimum Gasteiger partial charge on any atom is -0.507 e. The Labute approximate surface area is 193 Å². The summed E-state index contributed by atoms with van der Waals surface area (Å²) in [6.07, 6.45) is -1.84. The molecule has 0 heterocycles. The monoisotopic (exact) mass is 480 g/mol. The Balaban J connectivity index is 2.02. The van der Waals surface area contributed by atoms with Gasteiger partial charge in [0, 0.05) is 34.0 Å². The number of hydrogen-bond acceptors (Lipinski definition) is 9.